The van der Waals surface area contributed by atoms with Gasteiger partial charge >= 0.3 is 0 Å². The predicted octanol–water partition coefficient (Wildman–Crippen LogP) is 7.77. The third-order valence-electron chi connectivity index (χ3n) is 3.68. The zero-order valence-corrected chi connectivity index (χ0v) is 17.6. The van der Waals surface area contributed by atoms with Gasteiger partial charge in [-0.25, -0.2) is 0 Å². The van der Waals surface area contributed by atoms with Gasteiger partial charge in [0.05, 0.1) is 20.8 Å². The first kappa shape index (κ1) is 20.4. The van der Waals surface area contributed by atoms with E-state index < -0.39 is 5.25 Å². The van der Waals surface area contributed by atoms with E-state index >= 15 is 0 Å². The Morgan fingerprint density at radius 2 is 1.44 bits per heavy atom. The summed E-state index contributed by atoms with van der Waals surface area (Å²) in [4.78, 5) is 14.0. The van der Waals surface area contributed by atoms with Gasteiger partial charge in [0.15, 0.2) is 0 Å². The molecular weight excluding hydrogens is 444 g/mol. The first-order valence-electron chi connectivity index (χ1n) is 7.86. The van der Waals surface area contributed by atoms with Gasteiger partial charge in [0.2, 0.25) is 5.91 Å². The quantitative estimate of drug-likeness (QED) is 0.313. The number of thioether (sulfide) groups is 1. The molecule has 3 aromatic rings. The number of carbonyl (C=O) groups is 1. The van der Waals surface area contributed by atoms with E-state index in [1.165, 1.54) is 17.8 Å². The van der Waals surface area contributed by atoms with E-state index in [0.717, 1.165) is 10.5 Å². The lowest BCUT2D eigenvalue weighted by molar-refractivity contribution is -0.115. The van der Waals surface area contributed by atoms with Gasteiger partial charge in [-0.1, -0.05) is 76.7 Å². The lowest BCUT2D eigenvalue weighted by Crippen LogP contribution is -2.19. The van der Waals surface area contributed by atoms with Crippen molar-refractivity contribution >= 4 is 69.8 Å². The fraction of sp³-hybridized carbons (Fsp3) is 0.0500. The van der Waals surface area contributed by atoms with Crippen molar-refractivity contribution in [2.24, 2.45) is 0 Å². The highest BCUT2D eigenvalue weighted by molar-refractivity contribution is 8.00. The molecule has 0 spiro atoms. The summed E-state index contributed by atoms with van der Waals surface area (Å²) in [5, 5.41) is 3.97. The van der Waals surface area contributed by atoms with Crippen molar-refractivity contribution in [2.45, 2.75) is 10.1 Å². The van der Waals surface area contributed by atoms with Gasteiger partial charge in [0.25, 0.3) is 0 Å². The fourth-order valence-electron chi connectivity index (χ4n) is 2.37. The molecule has 27 heavy (non-hydrogen) atoms. The molecule has 0 fully saturated rings. The molecule has 0 saturated heterocycles. The molecule has 0 bridgehead atoms. The van der Waals surface area contributed by atoms with Crippen LogP contribution in [0.25, 0.3) is 0 Å². The first-order valence-corrected chi connectivity index (χ1v) is 10.3. The minimum atomic E-state index is -0.488. The van der Waals surface area contributed by atoms with Gasteiger partial charge in [-0.05, 0) is 42.0 Å². The number of hydrogen-bond acceptors (Lipinski definition) is 2. The van der Waals surface area contributed by atoms with Crippen molar-refractivity contribution in [1.29, 1.82) is 0 Å². The minimum absolute atomic E-state index is 0.221. The maximum absolute atomic E-state index is 13.0. The van der Waals surface area contributed by atoms with Gasteiger partial charge in [0, 0.05) is 9.92 Å². The SMILES string of the molecule is O=C(Nc1cc(Cl)c(Cl)cc1Cl)[C@H](Sc1ccc(Cl)cc1)c1ccccc1. The van der Waals surface area contributed by atoms with Gasteiger partial charge < -0.3 is 5.32 Å². The van der Waals surface area contributed by atoms with Crippen molar-refractivity contribution in [3.63, 3.8) is 0 Å². The number of nitrogens with one attached hydrogen (secondary N) is 1. The molecule has 1 amide bonds. The van der Waals surface area contributed by atoms with E-state index in [0.29, 0.717) is 25.8 Å². The van der Waals surface area contributed by atoms with Crippen LogP contribution in [-0.4, -0.2) is 5.91 Å². The number of amides is 1. The van der Waals surface area contributed by atoms with E-state index in [4.69, 9.17) is 46.4 Å². The van der Waals surface area contributed by atoms with E-state index in [9.17, 15) is 4.79 Å². The summed E-state index contributed by atoms with van der Waals surface area (Å²) >= 11 is 25.6. The van der Waals surface area contributed by atoms with Crippen LogP contribution in [0.4, 0.5) is 5.69 Å². The molecule has 0 aromatic heterocycles. The van der Waals surface area contributed by atoms with Crippen LogP contribution in [-0.2, 0) is 4.79 Å². The molecule has 0 aliphatic rings. The predicted molar refractivity (Wildman–Crippen MR) is 117 cm³/mol. The average Bonchev–Trinajstić information content (AvgIpc) is 2.66. The van der Waals surface area contributed by atoms with Gasteiger partial charge in [-0.3, -0.25) is 4.79 Å². The molecule has 2 nitrogen and oxygen atoms in total. The number of carbonyl (C=O) groups excluding carboxylic acids is 1. The molecule has 0 aliphatic carbocycles. The highest BCUT2D eigenvalue weighted by atomic mass is 35.5. The van der Waals surface area contributed by atoms with Crippen LogP contribution in [0.2, 0.25) is 20.1 Å². The van der Waals surface area contributed by atoms with E-state index in [1.54, 1.807) is 18.2 Å². The second-order valence-electron chi connectivity index (χ2n) is 5.60. The van der Waals surface area contributed by atoms with Crippen LogP contribution in [0.5, 0.6) is 0 Å². The Labute approximate surface area is 181 Å². The van der Waals surface area contributed by atoms with E-state index in [1.807, 2.05) is 42.5 Å². The van der Waals surface area contributed by atoms with Crippen molar-refractivity contribution < 1.29 is 4.79 Å². The summed E-state index contributed by atoms with van der Waals surface area (Å²) in [6.45, 7) is 0. The number of rotatable bonds is 5. The summed E-state index contributed by atoms with van der Waals surface area (Å²) in [6.07, 6.45) is 0. The Bertz CT molecular complexity index is 948. The lowest BCUT2D eigenvalue weighted by atomic mass is 10.1. The molecule has 0 radical (unpaired) electrons. The van der Waals surface area contributed by atoms with Gasteiger partial charge in [0.1, 0.15) is 5.25 Å². The molecule has 0 unspecified atom stereocenters. The number of anilines is 1. The molecular formula is C20H13Cl4NOS. The van der Waals surface area contributed by atoms with Crippen LogP contribution in [0, 0.1) is 0 Å². The Hall–Kier alpha value is -1.36. The molecule has 7 heteroatoms. The van der Waals surface area contributed by atoms with Crippen molar-refractivity contribution in [3.05, 3.63) is 92.4 Å². The highest BCUT2D eigenvalue weighted by Gasteiger charge is 2.23. The molecule has 0 heterocycles. The smallest absolute Gasteiger partial charge is 0.242 e. The number of hydrogen-bond donors (Lipinski definition) is 1. The Kier molecular flexibility index (Phi) is 6.96. The summed E-state index contributed by atoms with van der Waals surface area (Å²) in [5.41, 5.74) is 1.28. The second kappa shape index (κ2) is 9.22. The van der Waals surface area contributed by atoms with Crippen LogP contribution in [0.1, 0.15) is 10.8 Å². The monoisotopic (exact) mass is 455 g/mol. The van der Waals surface area contributed by atoms with Crippen molar-refractivity contribution in [2.75, 3.05) is 5.32 Å². The standard InChI is InChI=1S/C20H13Cl4NOS/c21-13-6-8-14(9-7-13)27-19(12-4-2-1-3-5-12)20(26)25-18-11-16(23)15(22)10-17(18)24/h1-11,19H,(H,25,26)/t19-/m1/s1. The second-order valence-corrected chi connectivity index (χ2v) is 8.43. The zero-order valence-electron chi connectivity index (χ0n) is 13.8. The molecule has 0 aliphatic heterocycles. The summed E-state index contributed by atoms with van der Waals surface area (Å²) in [5.74, 6) is -0.221. The van der Waals surface area contributed by atoms with Crippen LogP contribution in [0.15, 0.2) is 71.6 Å². The molecule has 3 aromatic carbocycles. The number of halogens is 4. The lowest BCUT2D eigenvalue weighted by Gasteiger charge is -2.18. The molecule has 1 atom stereocenters. The molecule has 138 valence electrons. The summed E-state index contributed by atoms with van der Waals surface area (Å²) in [7, 11) is 0. The normalized spacial score (nSPS) is 11.9. The van der Waals surface area contributed by atoms with Crippen LogP contribution < -0.4 is 5.32 Å². The fourth-order valence-corrected chi connectivity index (χ4v) is 4.11. The van der Waals surface area contributed by atoms with Crippen LogP contribution >= 0.6 is 58.2 Å². The van der Waals surface area contributed by atoms with Crippen molar-refractivity contribution in [1.82, 2.24) is 0 Å². The molecule has 3 rings (SSSR count). The average molecular weight is 457 g/mol. The molecule has 1 N–H and O–H groups in total. The largest absolute Gasteiger partial charge is 0.323 e. The zero-order chi connectivity index (χ0) is 19.4. The third-order valence-corrected chi connectivity index (χ3v) is 6.23. The van der Waals surface area contributed by atoms with E-state index in [2.05, 4.69) is 5.32 Å². The minimum Gasteiger partial charge on any atom is -0.323 e. The third kappa shape index (κ3) is 5.34. The maximum atomic E-state index is 13.0. The number of benzene rings is 3. The van der Waals surface area contributed by atoms with Crippen molar-refractivity contribution in [3.8, 4) is 0 Å². The van der Waals surface area contributed by atoms with Crippen LogP contribution in [0.3, 0.4) is 0 Å². The van der Waals surface area contributed by atoms with E-state index in [-0.39, 0.29) is 5.91 Å². The Balaban J connectivity index is 1.89. The Morgan fingerprint density at radius 1 is 0.815 bits per heavy atom. The van der Waals surface area contributed by atoms with Gasteiger partial charge in [-0.15, -0.1) is 11.8 Å². The van der Waals surface area contributed by atoms with Gasteiger partial charge in [-0.2, -0.15) is 0 Å². The first-order chi connectivity index (χ1) is 12.9. The molecule has 0 saturated carbocycles. The maximum Gasteiger partial charge on any atom is 0.242 e. The Morgan fingerprint density at radius 3 is 2.11 bits per heavy atom. The summed E-state index contributed by atoms with van der Waals surface area (Å²) < 4.78 is 0. The highest BCUT2D eigenvalue weighted by Crippen LogP contribution is 2.38. The topological polar surface area (TPSA) is 29.1 Å². The summed E-state index contributed by atoms with van der Waals surface area (Å²) in [6, 6.07) is 19.9.